The number of hydrogen-bond donors (Lipinski definition) is 0. The van der Waals surface area contributed by atoms with Gasteiger partial charge in [0.15, 0.2) is 0 Å². The molecule has 10 heavy (non-hydrogen) atoms. The second kappa shape index (κ2) is 3.85. The molecule has 54 valence electrons. The molecule has 0 atom stereocenters. The van der Waals surface area contributed by atoms with E-state index in [1.807, 2.05) is 0 Å². The first kappa shape index (κ1) is 8.71. The van der Waals surface area contributed by atoms with E-state index >= 15 is 0 Å². The molecule has 1 rings (SSSR count). The molecule has 0 radical (unpaired) electrons. The van der Waals surface area contributed by atoms with Crippen molar-refractivity contribution in [1.29, 1.82) is 0 Å². The fourth-order valence-corrected chi connectivity index (χ4v) is 3.99. The van der Waals surface area contributed by atoms with Crippen molar-refractivity contribution in [2.45, 2.75) is 0 Å². The third-order valence-corrected chi connectivity index (χ3v) is 7.12. The topological polar surface area (TPSA) is 0 Å². The summed E-state index contributed by atoms with van der Waals surface area (Å²) >= 11 is -2.33. The molecule has 4 heteroatoms. The molecule has 0 saturated carbocycles. The van der Waals surface area contributed by atoms with Gasteiger partial charge < -0.3 is 0 Å². The van der Waals surface area contributed by atoms with Crippen LogP contribution < -0.4 is 3.27 Å². The Morgan fingerprint density at radius 3 is 2.00 bits per heavy atom. The van der Waals surface area contributed by atoms with Gasteiger partial charge in [-0.15, -0.1) is 0 Å². The number of rotatable bonds is 1. The van der Waals surface area contributed by atoms with Gasteiger partial charge in [-0.2, -0.15) is 0 Å². The summed E-state index contributed by atoms with van der Waals surface area (Å²) in [6, 6.07) is 6.05. The molecule has 0 unspecified atom stereocenters. The van der Waals surface area contributed by atoms with E-state index in [-0.39, 0.29) is 5.82 Å². The second-order valence-corrected chi connectivity index (χ2v) is 13.0. The van der Waals surface area contributed by atoms with Gasteiger partial charge in [0, 0.05) is 0 Å². The molecule has 0 aliphatic rings. The molecule has 0 N–H and O–H groups in total. The van der Waals surface area contributed by atoms with E-state index in [4.69, 9.17) is 17.0 Å². The van der Waals surface area contributed by atoms with Crippen molar-refractivity contribution in [3.63, 3.8) is 0 Å². The van der Waals surface area contributed by atoms with Crippen LogP contribution in [-0.4, -0.2) is 19.4 Å². The summed E-state index contributed by atoms with van der Waals surface area (Å²) in [6.07, 6.45) is 0. The first-order chi connectivity index (χ1) is 4.70. The molecule has 1 aromatic carbocycles. The molecule has 0 nitrogen and oxygen atoms in total. The summed E-state index contributed by atoms with van der Waals surface area (Å²) in [5.41, 5.74) is 0. The van der Waals surface area contributed by atoms with Crippen molar-refractivity contribution in [1.82, 2.24) is 0 Å². The average molecular weight is 375 g/mol. The Morgan fingerprint density at radius 2 is 1.60 bits per heavy atom. The van der Waals surface area contributed by atoms with Gasteiger partial charge in [0.05, 0.1) is 0 Å². The SMILES string of the molecule is Fc1cc[c]([Bi]([Cl])[Cl])cc1. The van der Waals surface area contributed by atoms with Crippen molar-refractivity contribution in [3.05, 3.63) is 30.1 Å². The van der Waals surface area contributed by atoms with Crippen molar-refractivity contribution < 1.29 is 4.39 Å². The summed E-state index contributed by atoms with van der Waals surface area (Å²) in [4.78, 5) is 0. The third-order valence-electron chi connectivity index (χ3n) is 1.02. The van der Waals surface area contributed by atoms with E-state index in [9.17, 15) is 4.39 Å². The number of halogens is 3. The third kappa shape index (κ3) is 2.34. The van der Waals surface area contributed by atoms with Crippen LogP contribution in [0.1, 0.15) is 0 Å². The summed E-state index contributed by atoms with van der Waals surface area (Å²) < 4.78 is 13.2. The van der Waals surface area contributed by atoms with Gasteiger partial charge in [0.2, 0.25) is 0 Å². The minimum atomic E-state index is -2.33. The molecular formula is C6H4BiCl2F. The molecule has 0 spiro atoms. The van der Waals surface area contributed by atoms with Crippen LogP contribution >= 0.6 is 17.0 Å². The second-order valence-electron chi connectivity index (χ2n) is 1.71. The summed E-state index contributed by atoms with van der Waals surface area (Å²) in [7, 11) is 11.4. The summed E-state index contributed by atoms with van der Waals surface area (Å²) in [6.45, 7) is 0. The van der Waals surface area contributed by atoms with Gasteiger partial charge in [-0.1, -0.05) is 0 Å². The maximum atomic E-state index is 12.3. The first-order valence-electron chi connectivity index (χ1n) is 2.57. The van der Waals surface area contributed by atoms with E-state index in [0.717, 1.165) is 3.27 Å². The Balaban J connectivity index is 2.89. The van der Waals surface area contributed by atoms with Crippen molar-refractivity contribution >= 4 is 39.7 Å². The van der Waals surface area contributed by atoms with E-state index in [1.165, 1.54) is 12.1 Å². The van der Waals surface area contributed by atoms with Gasteiger partial charge in [-0.25, -0.2) is 0 Å². The molecule has 0 bridgehead atoms. The van der Waals surface area contributed by atoms with Crippen molar-refractivity contribution in [2.75, 3.05) is 0 Å². The zero-order valence-corrected chi connectivity index (χ0v) is 9.88. The monoisotopic (exact) mass is 374 g/mol. The molecule has 0 aromatic heterocycles. The van der Waals surface area contributed by atoms with Gasteiger partial charge in [0.25, 0.3) is 0 Å². The summed E-state index contributed by atoms with van der Waals surface area (Å²) in [5, 5.41) is 0. The maximum absolute atomic E-state index is 12.3. The van der Waals surface area contributed by atoms with E-state index in [0.29, 0.717) is 0 Å². The van der Waals surface area contributed by atoms with E-state index < -0.39 is 19.4 Å². The molecule has 0 aliphatic heterocycles. The number of hydrogen-bond acceptors (Lipinski definition) is 0. The van der Waals surface area contributed by atoms with Crippen LogP contribution in [0.25, 0.3) is 0 Å². The first-order valence-corrected chi connectivity index (χ1v) is 12.9. The van der Waals surface area contributed by atoms with Gasteiger partial charge in [0.1, 0.15) is 0 Å². The molecule has 1 aromatic rings. The Labute approximate surface area is 73.7 Å². The molecule has 0 heterocycles. The standard InChI is InChI=1S/C6H4F.Bi.2ClH/c7-6-4-2-1-3-5-6;;;/h2-5H;;2*1H/q;+2;;/p-2. The van der Waals surface area contributed by atoms with Crippen molar-refractivity contribution in [2.24, 2.45) is 0 Å². The molecule has 0 saturated heterocycles. The zero-order chi connectivity index (χ0) is 7.56. The predicted molar refractivity (Wildman–Crippen MR) is 43.5 cm³/mol. The molecule has 0 fully saturated rings. The van der Waals surface area contributed by atoms with Gasteiger partial charge in [-0.05, 0) is 0 Å². The van der Waals surface area contributed by atoms with Crippen LogP contribution in [0, 0.1) is 5.82 Å². The van der Waals surface area contributed by atoms with Crippen molar-refractivity contribution in [3.8, 4) is 0 Å². The molecule has 0 aliphatic carbocycles. The van der Waals surface area contributed by atoms with Crippen LogP contribution in [-0.2, 0) is 0 Å². The van der Waals surface area contributed by atoms with Crippen LogP contribution in [0.5, 0.6) is 0 Å². The number of benzene rings is 1. The fourth-order valence-electron chi connectivity index (χ4n) is 0.554. The quantitative estimate of drug-likeness (QED) is 0.659. The van der Waals surface area contributed by atoms with Gasteiger partial charge >= 0.3 is 74.1 Å². The van der Waals surface area contributed by atoms with Crippen LogP contribution in [0.15, 0.2) is 24.3 Å². The van der Waals surface area contributed by atoms with Crippen LogP contribution in [0.2, 0.25) is 0 Å². The van der Waals surface area contributed by atoms with Crippen LogP contribution in [0.3, 0.4) is 0 Å². The summed E-state index contributed by atoms with van der Waals surface area (Å²) in [5.74, 6) is -0.247. The van der Waals surface area contributed by atoms with Gasteiger partial charge in [-0.3, -0.25) is 0 Å². The van der Waals surface area contributed by atoms with E-state index in [2.05, 4.69) is 0 Å². The Hall–Kier alpha value is 0.613. The molecule has 0 amide bonds. The zero-order valence-electron chi connectivity index (χ0n) is 4.89. The predicted octanol–water partition coefficient (Wildman–Crippen LogP) is 2.00. The Morgan fingerprint density at radius 1 is 1.10 bits per heavy atom. The fraction of sp³-hybridized carbons (Fsp3) is 0. The van der Waals surface area contributed by atoms with Crippen LogP contribution in [0.4, 0.5) is 4.39 Å². The average Bonchev–Trinajstić information content (AvgIpc) is 1.88. The Kier molecular flexibility index (Phi) is 3.35. The molecular weight excluding hydrogens is 371 g/mol. The minimum absolute atomic E-state index is 0.247. The van der Waals surface area contributed by atoms with E-state index in [1.54, 1.807) is 12.1 Å². The Bertz CT molecular complexity index is 209. The normalized spacial score (nSPS) is 10.4.